The van der Waals surface area contributed by atoms with Crippen molar-refractivity contribution in [1.82, 2.24) is 0 Å². The molecule has 0 heterocycles. The van der Waals surface area contributed by atoms with Gasteiger partial charge in [0.05, 0.1) is 0 Å². The Bertz CT molecular complexity index is 2380. The van der Waals surface area contributed by atoms with Gasteiger partial charge in [-0.3, -0.25) is 10.6 Å². The summed E-state index contributed by atoms with van der Waals surface area (Å²) in [6.07, 6.45) is 0.846. The number of benzene rings is 5. The average Bonchev–Trinajstić information content (AvgIpc) is 3.33. The summed E-state index contributed by atoms with van der Waals surface area (Å²) in [6, 6.07) is 35.1. The lowest BCUT2D eigenvalue weighted by atomic mass is 10.1. The van der Waals surface area contributed by atoms with E-state index in [1.54, 1.807) is 25.1 Å². The summed E-state index contributed by atoms with van der Waals surface area (Å²) in [4.78, 5) is 48.2. The van der Waals surface area contributed by atoms with E-state index < -0.39 is 24.1 Å². The first-order valence-corrected chi connectivity index (χ1v) is 21.2. The molecular weight excluding hydrogens is 857 g/mol. The fourth-order valence-corrected chi connectivity index (χ4v) is 5.93. The van der Waals surface area contributed by atoms with E-state index in [9.17, 15) is 19.2 Å². The molecule has 14 nitrogen and oxygen atoms in total. The largest absolute Gasteiger partial charge is 0.490 e. The van der Waals surface area contributed by atoms with Gasteiger partial charge in [-0.1, -0.05) is 67.8 Å². The van der Waals surface area contributed by atoms with Crippen molar-refractivity contribution in [3.05, 3.63) is 169 Å². The van der Waals surface area contributed by atoms with Gasteiger partial charge in [0, 0.05) is 23.5 Å². The zero-order valence-electron chi connectivity index (χ0n) is 38.2. The van der Waals surface area contributed by atoms with E-state index in [2.05, 4.69) is 23.8 Å². The second kappa shape index (κ2) is 25.3. The van der Waals surface area contributed by atoms with Crippen LogP contribution in [0.1, 0.15) is 33.3 Å². The molecule has 0 aromatic heterocycles. The summed E-state index contributed by atoms with van der Waals surface area (Å²) in [6.45, 7) is 16.3. The highest BCUT2D eigenvalue weighted by Crippen LogP contribution is 2.28. The topological polar surface area (TPSA) is 166 Å². The van der Waals surface area contributed by atoms with Crippen LogP contribution in [0.2, 0.25) is 0 Å². The molecule has 2 amide bonds. The Balaban J connectivity index is 0.985. The number of amides is 2. The van der Waals surface area contributed by atoms with Crippen molar-refractivity contribution in [3.63, 3.8) is 0 Å². The van der Waals surface area contributed by atoms with Gasteiger partial charge in [0.25, 0.3) is 0 Å². The molecule has 2 N–H and O–H groups in total. The van der Waals surface area contributed by atoms with E-state index >= 15 is 0 Å². The maximum absolute atomic E-state index is 12.6. The Hall–Kier alpha value is -8.26. The van der Waals surface area contributed by atoms with Crippen molar-refractivity contribution in [2.75, 3.05) is 50.3 Å². The Kier molecular flexibility index (Phi) is 18.8. The monoisotopic (exact) mass is 910 g/mol. The molecular formula is C53H54N2O12. The normalized spacial score (nSPS) is 10.3. The molecule has 0 unspecified atom stereocenters. The second-order valence-electron chi connectivity index (χ2n) is 15.0. The number of ether oxygens (including phenoxy) is 8. The highest BCUT2D eigenvalue weighted by atomic mass is 16.6. The molecule has 14 heteroatoms. The van der Waals surface area contributed by atoms with Crippen molar-refractivity contribution in [2.45, 2.75) is 34.6 Å². The molecule has 0 bridgehead atoms. The molecule has 5 aromatic carbocycles. The van der Waals surface area contributed by atoms with Gasteiger partial charge < -0.3 is 37.9 Å². The smallest absolute Gasteiger partial charge is 0.411 e. The zero-order chi connectivity index (χ0) is 48.1. The van der Waals surface area contributed by atoms with Crippen LogP contribution in [0.5, 0.6) is 23.0 Å². The van der Waals surface area contributed by atoms with Gasteiger partial charge in [-0.15, -0.1) is 0 Å². The lowest BCUT2D eigenvalue weighted by molar-refractivity contribution is -0.138. The predicted octanol–water partition coefficient (Wildman–Crippen LogP) is 11.4. The third-order valence-electron chi connectivity index (χ3n) is 9.68. The van der Waals surface area contributed by atoms with Gasteiger partial charge in [0.1, 0.15) is 74.2 Å². The van der Waals surface area contributed by atoms with Crippen LogP contribution in [0.25, 0.3) is 22.3 Å². The van der Waals surface area contributed by atoms with Crippen molar-refractivity contribution >= 4 is 35.5 Å². The molecule has 0 aliphatic heterocycles. The number of hydrogen-bond donors (Lipinski definition) is 2. The first-order valence-electron chi connectivity index (χ1n) is 21.2. The molecule has 0 spiro atoms. The molecule has 0 aliphatic carbocycles. The molecule has 0 atom stereocenters. The number of hydrogen-bond acceptors (Lipinski definition) is 12. The van der Waals surface area contributed by atoms with Crippen LogP contribution in [0.4, 0.5) is 21.0 Å². The molecule has 5 aromatic rings. The molecule has 0 aliphatic rings. The van der Waals surface area contributed by atoms with Crippen LogP contribution in [-0.2, 0) is 28.5 Å². The Morgan fingerprint density at radius 1 is 0.463 bits per heavy atom. The van der Waals surface area contributed by atoms with E-state index in [1.165, 1.54) is 0 Å². The van der Waals surface area contributed by atoms with Gasteiger partial charge in [0.2, 0.25) is 0 Å². The minimum atomic E-state index is -0.683. The number of nitrogens with one attached hydrogen (secondary N) is 2. The Labute approximate surface area is 390 Å². The van der Waals surface area contributed by atoms with Crippen molar-refractivity contribution in [2.24, 2.45) is 0 Å². The molecule has 0 saturated heterocycles. The SMILES string of the molecule is C=CC(=O)OCC(Oc1ccc(-c2ccc(OCCOC(=O)Nc3cccc(NC(=O)OCCOc4ccc(-c5ccc(OC(COC(=O)C=C)=C(C)C)cc5)cc4)c3C)cc2)cc1)=C(C)C. The van der Waals surface area contributed by atoms with Gasteiger partial charge in [-0.2, -0.15) is 0 Å². The first-order chi connectivity index (χ1) is 32.3. The van der Waals surface area contributed by atoms with Crippen LogP contribution in [0, 0.1) is 6.92 Å². The maximum Gasteiger partial charge on any atom is 0.411 e. The minimum absolute atomic E-state index is 0.00721. The third-order valence-corrected chi connectivity index (χ3v) is 9.68. The number of carbonyl (C=O) groups is 4. The van der Waals surface area contributed by atoms with Gasteiger partial charge in [-0.05, 0) is 134 Å². The van der Waals surface area contributed by atoms with E-state index in [4.69, 9.17) is 37.9 Å². The van der Waals surface area contributed by atoms with Crippen LogP contribution < -0.4 is 29.6 Å². The fraction of sp³-hybridized carbons (Fsp3) is 0.208. The van der Waals surface area contributed by atoms with Gasteiger partial charge in [0.15, 0.2) is 0 Å². The summed E-state index contributed by atoms with van der Waals surface area (Å²) in [5.74, 6) is 2.46. The number of esters is 2. The molecule has 0 saturated carbocycles. The highest BCUT2D eigenvalue weighted by Gasteiger charge is 2.13. The van der Waals surface area contributed by atoms with Crippen molar-refractivity contribution in [3.8, 4) is 45.3 Å². The van der Waals surface area contributed by atoms with Gasteiger partial charge >= 0.3 is 24.1 Å². The number of rotatable bonds is 22. The highest BCUT2D eigenvalue weighted by molar-refractivity contribution is 5.91. The van der Waals surface area contributed by atoms with Crippen molar-refractivity contribution in [1.29, 1.82) is 0 Å². The predicted molar refractivity (Wildman–Crippen MR) is 256 cm³/mol. The van der Waals surface area contributed by atoms with Crippen LogP contribution >= 0.6 is 0 Å². The standard InChI is InChI=1S/C53H54N2O12/c1-8-50(56)64-33-48(35(3)4)66-44-25-17-40(18-26-44)38-13-21-42(22-14-38)60-29-31-62-52(58)54-46-11-10-12-47(37(46)7)55-53(59)63-32-30-61-43-23-15-39(16-24-43)41-19-27-45(28-20-41)67-49(36(5)6)34-65-51(57)9-2/h8-28H,1-2,29-34H2,3-7H3,(H,54,58)(H,55,59). The van der Waals surface area contributed by atoms with Crippen LogP contribution in [0.15, 0.2) is 163 Å². The molecule has 348 valence electrons. The quantitative estimate of drug-likeness (QED) is 0.0222. The number of anilines is 2. The van der Waals surface area contributed by atoms with E-state index in [0.717, 1.165) is 45.6 Å². The number of carbonyl (C=O) groups excluding carboxylic acids is 4. The summed E-state index contributed by atoms with van der Waals surface area (Å²) in [5, 5.41) is 5.40. The molecule has 5 rings (SSSR count). The zero-order valence-corrected chi connectivity index (χ0v) is 38.2. The number of allylic oxidation sites excluding steroid dienone is 2. The van der Waals surface area contributed by atoms with Crippen LogP contribution in [-0.4, -0.2) is 63.8 Å². The summed E-state index contributed by atoms with van der Waals surface area (Å²) >= 11 is 0. The molecule has 67 heavy (non-hydrogen) atoms. The second-order valence-corrected chi connectivity index (χ2v) is 15.0. The summed E-state index contributed by atoms with van der Waals surface area (Å²) in [7, 11) is 0. The fourth-order valence-electron chi connectivity index (χ4n) is 5.93. The Morgan fingerprint density at radius 3 is 1.10 bits per heavy atom. The summed E-state index contributed by atoms with van der Waals surface area (Å²) < 4.78 is 44.3. The summed E-state index contributed by atoms with van der Waals surface area (Å²) in [5.41, 5.74) is 7.10. The average molecular weight is 911 g/mol. The maximum atomic E-state index is 12.6. The Morgan fingerprint density at radius 2 is 0.791 bits per heavy atom. The lowest BCUT2D eigenvalue weighted by Crippen LogP contribution is -2.20. The van der Waals surface area contributed by atoms with Crippen molar-refractivity contribution < 1.29 is 57.1 Å². The minimum Gasteiger partial charge on any atom is -0.490 e. The first kappa shape index (κ1) is 49.8. The van der Waals surface area contributed by atoms with Crippen LogP contribution in [0.3, 0.4) is 0 Å². The van der Waals surface area contributed by atoms with E-state index in [-0.39, 0.29) is 39.6 Å². The molecule has 0 fully saturated rings. The van der Waals surface area contributed by atoms with E-state index in [1.807, 2.05) is 125 Å². The lowest BCUT2D eigenvalue weighted by Gasteiger charge is -2.14. The van der Waals surface area contributed by atoms with E-state index in [0.29, 0.717) is 51.5 Å². The third kappa shape index (κ3) is 16.0. The van der Waals surface area contributed by atoms with Gasteiger partial charge in [-0.25, -0.2) is 19.2 Å². The molecule has 0 radical (unpaired) electrons.